The summed E-state index contributed by atoms with van der Waals surface area (Å²) in [5.74, 6) is 0.638. The number of para-hydroxylation sites is 1. The first-order chi connectivity index (χ1) is 16.4. The van der Waals surface area contributed by atoms with Crippen molar-refractivity contribution in [3.05, 3.63) is 60.2 Å². The molecule has 0 N–H and O–H groups in total. The summed E-state index contributed by atoms with van der Waals surface area (Å²) >= 11 is 0. The summed E-state index contributed by atoms with van der Waals surface area (Å²) in [6.45, 7) is 1.63. The fourth-order valence-corrected chi connectivity index (χ4v) is 10.7. The monoisotopic (exact) mass is 582 g/mol. The molecule has 2 atom stereocenters. The predicted molar refractivity (Wildman–Crippen MR) is 137 cm³/mol. The topological polar surface area (TPSA) is 152 Å². The van der Waals surface area contributed by atoms with Crippen LogP contribution in [0.1, 0.15) is 31.4 Å². The van der Waals surface area contributed by atoms with E-state index in [-0.39, 0.29) is 31.6 Å². The van der Waals surface area contributed by atoms with E-state index in [0.29, 0.717) is 30.8 Å². The van der Waals surface area contributed by atoms with E-state index in [4.69, 9.17) is 4.74 Å². The Balaban J connectivity index is 2.90. The maximum Gasteiger partial charge on any atom is 0.224 e. The van der Waals surface area contributed by atoms with Gasteiger partial charge in [-0.1, -0.05) is 51.1 Å². The van der Waals surface area contributed by atoms with E-state index in [1.165, 1.54) is 18.2 Å². The van der Waals surface area contributed by atoms with Gasteiger partial charge in [0.1, 0.15) is 11.5 Å². The van der Waals surface area contributed by atoms with Crippen LogP contribution in [-0.2, 0) is 40.1 Å². The third kappa shape index (κ3) is 7.73. The lowest BCUT2D eigenvalue weighted by molar-refractivity contribution is 0.284. The molecule has 0 saturated carbocycles. The highest BCUT2D eigenvalue weighted by molar-refractivity contribution is 8.04. The molecule has 0 radical (unpaired) electrons. The molecule has 2 aromatic carbocycles. The zero-order valence-electron chi connectivity index (χ0n) is 20.5. The molecule has 0 aromatic heterocycles. The minimum absolute atomic E-state index is 0.0232. The van der Waals surface area contributed by atoms with Crippen molar-refractivity contribution < 1.29 is 38.4 Å². The van der Waals surface area contributed by atoms with Crippen LogP contribution >= 0.6 is 0 Å². The van der Waals surface area contributed by atoms with Gasteiger partial charge in [0.25, 0.3) is 0 Å². The number of hydrogen-bond acceptors (Lipinski definition) is 9. The highest BCUT2D eigenvalue weighted by Gasteiger charge is 2.47. The van der Waals surface area contributed by atoms with E-state index in [1.807, 2.05) is 0 Å². The Morgan fingerprint density at radius 2 is 1.14 bits per heavy atom. The van der Waals surface area contributed by atoms with Crippen LogP contribution in [0.15, 0.2) is 54.6 Å². The van der Waals surface area contributed by atoms with Crippen molar-refractivity contribution in [3.63, 3.8) is 0 Å². The SMILES string of the molecule is CCC[C@H]([C@H](c1cccc(Oc2ccccc2)c1)N(S(C)(=O)=O)S(C)(=O)=O)N(S(C)(=O)=O)S(C)(=O)=O. The first kappa shape index (κ1) is 30.2. The van der Waals surface area contributed by atoms with Crippen molar-refractivity contribution in [1.29, 1.82) is 0 Å². The molecule has 0 fully saturated rings. The molecule has 0 amide bonds. The minimum atomic E-state index is -4.54. The zero-order chi connectivity index (χ0) is 27.5. The van der Waals surface area contributed by atoms with Gasteiger partial charge in [-0.05, 0) is 36.2 Å². The molecular formula is C21H30N2O9S4. The Labute approximate surface area is 213 Å². The quantitative estimate of drug-likeness (QED) is 0.366. The molecule has 0 aliphatic rings. The van der Waals surface area contributed by atoms with Crippen molar-refractivity contribution in [2.45, 2.75) is 31.8 Å². The van der Waals surface area contributed by atoms with E-state index in [0.717, 1.165) is 0 Å². The van der Waals surface area contributed by atoms with E-state index in [2.05, 4.69) is 0 Å². The molecule has 0 aliphatic carbocycles. The lowest BCUT2D eigenvalue weighted by Crippen LogP contribution is -2.53. The molecule has 15 heteroatoms. The maximum absolute atomic E-state index is 12.8. The van der Waals surface area contributed by atoms with E-state index in [9.17, 15) is 33.7 Å². The van der Waals surface area contributed by atoms with Crippen LogP contribution in [0.4, 0.5) is 0 Å². The van der Waals surface area contributed by atoms with Gasteiger partial charge < -0.3 is 4.74 Å². The number of rotatable bonds is 12. The molecule has 0 spiro atoms. The summed E-state index contributed by atoms with van der Waals surface area (Å²) < 4.78 is 108. The van der Waals surface area contributed by atoms with Gasteiger partial charge >= 0.3 is 0 Å². The van der Waals surface area contributed by atoms with E-state index < -0.39 is 52.2 Å². The van der Waals surface area contributed by atoms with Crippen molar-refractivity contribution in [3.8, 4) is 11.5 Å². The van der Waals surface area contributed by atoms with Crippen LogP contribution in [0.5, 0.6) is 11.5 Å². The van der Waals surface area contributed by atoms with E-state index in [1.54, 1.807) is 43.3 Å². The number of nitrogens with zero attached hydrogens (tertiary/aromatic N) is 2. The van der Waals surface area contributed by atoms with Crippen LogP contribution in [0.25, 0.3) is 0 Å². The van der Waals surface area contributed by atoms with E-state index >= 15 is 0 Å². The Bertz CT molecular complexity index is 1430. The highest BCUT2D eigenvalue weighted by atomic mass is 32.3. The average molecular weight is 583 g/mol. The molecular weight excluding hydrogens is 553 g/mol. The van der Waals surface area contributed by atoms with Crippen molar-refractivity contribution in [1.82, 2.24) is 7.42 Å². The largest absolute Gasteiger partial charge is 0.457 e. The molecule has 0 aliphatic heterocycles. The summed E-state index contributed by atoms with van der Waals surface area (Å²) in [6.07, 6.45) is 2.67. The summed E-state index contributed by atoms with van der Waals surface area (Å²) in [5, 5.41) is 0. The van der Waals surface area contributed by atoms with Gasteiger partial charge in [0.15, 0.2) is 0 Å². The summed E-state index contributed by atoms with van der Waals surface area (Å²) in [7, 11) is -18.0. The number of sulfonamides is 4. The third-order valence-electron chi connectivity index (χ3n) is 4.93. The van der Waals surface area contributed by atoms with Crippen molar-refractivity contribution >= 4 is 40.1 Å². The Morgan fingerprint density at radius 1 is 0.667 bits per heavy atom. The number of hydrogen-bond donors (Lipinski definition) is 0. The highest BCUT2D eigenvalue weighted by Crippen LogP contribution is 2.38. The second-order valence-corrected chi connectivity index (χ2v) is 16.2. The molecule has 11 nitrogen and oxygen atoms in total. The molecule has 36 heavy (non-hydrogen) atoms. The molecule has 0 saturated heterocycles. The van der Waals surface area contributed by atoms with Crippen LogP contribution in [-0.4, -0.2) is 72.2 Å². The van der Waals surface area contributed by atoms with Crippen LogP contribution < -0.4 is 4.74 Å². The summed E-state index contributed by atoms with van der Waals surface area (Å²) in [6, 6.07) is 10.9. The smallest absolute Gasteiger partial charge is 0.224 e. The van der Waals surface area contributed by atoms with Gasteiger partial charge in [0.2, 0.25) is 40.1 Å². The van der Waals surface area contributed by atoms with Gasteiger partial charge in [-0.25, -0.2) is 33.7 Å². The fourth-order valence-electron chi connectivity index (χ4n) is 3.94. The molecule has 0 bridgehead atoms. The Morgan fingerprint density at radius 3 is 1.58 bits per heavy atom. The normalized spacial score (nSPS) is 15.1. The molecule has 202 valence electrons. The second kappa shape index (κ2) is 11.1. The molecule has 2 aromatic rings. The van der Waals surface area contributed by atoms with Gasteiger partial charge in [0, 0.05) is 0 Å². The standard InChI is InChI=1S/C21H30N2O9S4/c1-6-11-20(22(33(2,24)25)34(3,26)27)21(23(35(4,28)29)36(5,30)31)17-12-10-15-19(16-17)32-18-13-8-7-9-14-18/h7-10,12-16,20-21H,6,11H2,1-5H3/t20-,21+/m1/s1. The van der Waals surface area contributed by atoms with Crippen molar-refractivity contribution in [2.24, 2.45) is 0 Å². The van der Waals surface area contributed by atoms with Crippen LogP contribution in [0, 0.1) is 0 Å². The van der Waals surface area contributed by atoms with Crippen molar-refractivity contribution in [2.75, 3.05) is 25.0 Å². The molecule has 0 heterocycles. The lowest BCUT2D eigenvalue weighted by atomic mass is 9.97. The Hall–Kier alpha value is -2.04. The van der Waals surface area contributed by atoms with Gasteiger partial charge in [-0.3, -0.25) is 0 Å². The van der Waals surface area contributed by atoms with Crippen LogP contribution in [0.3, 0.4) is 0 Å². The van der Waals surface area contributed by atoms with Gasteiger partial charge in [-0.15, -0.1) is 0 Å². The fraction of sp³-hybridized carbons (Fsp3) is 0.429. The summed E-state index contributed by atoms with van der Waals surface area (Å²) in [4.78, 5) is 0. The maximum atomic E-state index is 12.8. The van der Waals surface area contributed by atoms with Gasteiger partial charge in [0.05, 0.1) is 37.1 Å². The third-order valence-corrected chi connectivity index (χ3v) is 11.8. The molecule has 2 rings (SSSR count). The minimum Gasteiger partial charge on any atom is -0.457 e. The zero-order valence-corrected chi connectivity index (χ0v) is 23.7. The molecule has 0 unspecified atom stereocenters. The Kier molecular flexibility index (Phi) is 9.35. The predicted octanol–water partition coefficient (Wildman–Crippen LogP) is 2.13. The average Bonchev–Trinajstić information content (AvgIpc) is 2.68. The lowest BCUT2D eigenvalue weighted by Gasteiger charge is -2.38. The number of ether oxygens (including phenoxy) is 1. The second-order valence-electron chi connectivity index (χ2n) is 8.29. The first-order valence-corrected chi connectivity index (χ1v) is 18.0. The van der Waals surface area contributed by atoms with Crippen LogP contribution in [0.2, 0.25) is 0 Å². The summed E-state index contributed by atoms with van der Waals surface area (Å²) in [5.41, 5.74) is 0.0232. The van der Waals surface area contributed by atoms with Gasteiger partial charge in [-0.2, -0.15) is 0 Å². The number of benzene rings is 2. The first-order valence-electron chi connectivity index (χ1n) is 10.6.